The Morgan fingerprint density at radius 2 is 2.09 bits per heavy atom. The molecule has 1 saturated carbocycles. The summed E-state index contributed by atoms with van der Waals surface area (Å²) in [4.78, 5) is 4.47. The quantitative estimate of drug-likeness (QED) is 0.802. The first-order valence-electron chi connectivity index (χ1n) is 7.88. The summed E-state index contributed by atoms with van der Waals surface area (Å²) >= 11 is 0. The highest BCUT2D eigenvalue weighted by Gasteiger charge is 2.33. The molecule has 0 bridgehead atoms. The lowest BCUT2D eigenvalue weighted by atomic mass is 10.0. The van der Waals surface area contributed by atoms with Crippen LogP contribution >= 0.6 is 0 Å². The van der Waals surface area contributed by atoms with Gasteiger partial charge in [0, 0.05) is 11.8 Å². The molecule has 1 atom stereocenters. The molecule has 4 nitrogen and oxygen atoms in total. The third kappa shape index (κ3) is 2.51. The molecule has 4 rings (SSSR count). The second kappa shape index (κ2) is 5.42. The lowest BCUT2D eigenvalue weighted by Gasteiger charge is -2.15. The molecule has 3 aromatic rings. The Kier molecular flexibility index (Phi) is 3.38. The van der Waals surface area contributed by atoms with E-state index in [2.05, 4.69) is 10.1 Å². The molecule has 2 aromatic heterocycles. The van der Waals surface area contributed by atoms with E-state index in [0.29, 0.717) is 11.5 Å². The molecule has 0 saturated heterocycles. The third-order valence-corrected chi connectivity index (χ3v) is 4.61. The van der Waals surface area contributed by atoms with Crippen molar-refractivity contribution < 1.29 is 9.50 Å². The minimum Gasteiger partial charge on any atom is -0.394 e. The van der Waals surface area contributed by atoms with Crippen LogP contribution in [0, 0.1) is 18.7 Å². The topological polar surface area (TPSA) is 50.9 Å². The van der Waals surface area contributed by atoms with Crippen molar-refractivity contribution in [2.45, 2.75) is 25.8 Å². The molecule has 0 aliphatic heterocycles. The van der Waals surface area contributed by atoms with E-state index in [4.69, 9.17) is 0 Å². The molecule has 23 heavy (non-hydrogen) atoms. The Morgan fingerprint density at radius 3 is 2.78 bits per heavy atom. The first kappa shape index (κ1) is 14.3. The average Bonchev–Trinajstić information content (AvgIpc) is 3.31. The lowest BCUT2D eigenvalue weighted by Crippen LogP contribution is -2.16. The van der Waals surface area contributed by atoms with Gasteiger partial charge in [-0.15, -0.1) is 0 Å². The van der Waals surface area contributed by atoms with Gasteiger partial charge in [0.05, 0.1) is 24.4 Å². The molecular weight excluding hydrogens is 293 g/mol. The Bertz CT molecular complexity index is 870. The normalized spacial score (nSPS) is 16.0. The minimum atomic E-state index is -0.207. The molecule has 0 spiro atoms. The van der Waals surface area contributed by atoms with Crippen molar-refractivity contribution in [2.24, 2.45) is 5.92 Å². The maximum absolute atomic E-state index is 13.5. The maximum Gasteiger partial charge on any atom is 0.126 e. The second-order valence-corrected chi connectivity index (χ2v) is 6.27. The molecule has 0 unspecified atom stereocenters. The van der Waals surface area contributed by atoms with E-state index < -0.39 is 0 Å². The predicted octanol–water partition coefficient (Wildman–Crippen LogP) is 3.49. The molecule has 118 valence electrons. The number of halogens is 1. The van der Waals surface area contributed by atoms with Crippen LogP contribution in [0.3, 0.4) is 0 Å². The molecule has 1 N–H and O–H groups in total. The summed E-state index contributed by atoms with van der Waals surface area (Å²) in [5.74, 6) is 0.293. The largest absolute Gasteiger partial charge is 0.394 e. The Balaban J connectivity index is 1.81. The van der Waals surface area contributed by atoms with Gasteiger partial charge >= 0.3 is 0 Å². The number of fused-ring (bicyclic) bond motifs is 1. The number of rotatable bonds is 4. The van der Waals surface area contributed by atoms with Crippen LogP contribution in [0.15, 0.2) is 36.7 Å². The number of benzene rings is 1. The number of hydrogen-bond acceptors (Lipinski definition) is 3. The lowest BCUT2D eigenvalue weighted by molar-refractivity contribution is 0.205. The molecule has 0 radical (unpaired) electrons. The zero-order chi connectivity index (χ0) is 16.0. The van der Waals surface area contributed by atoms with Crippen molar-refractivity contribution in [2.75, 3.05) is 6.61 Å². The number of aliphatic hydroxyl groups is 1. The van der Waals surface area contributed by atoms with E-state index in [1.54, 1.807) is 25.4 Å². The smallest absolute Gasteiger partial charge is 0.126 e. The van der Waals surface area contributed by atoms with Gasteiger partial charge in [-0.05, 0) is 55.0 Å². The van der Waals surface area contributed by atoms with Crippen molar-refractivity contribution in [1.82, 2.24) is 14.8 Å². The van der Waals surface area contributed by atoms with Crippen molar-refractivity contribution >= 4 is 11.0 Å². The fourth-order valence-electron chi connectivity index (χ4n) is 3.08. The summed E-state index contributed by atoms with van der Waals surface area (Å²) in [5.41, 5.74) is 4.19. The van der Waals surface area contributed by atoms with Crippen LogP contribution in [-0.4, -0.2) is 26.5 Å². The van der Waals surface area contributed by atoms with E-state index in [-0.39, 0.29) is 18.5 Å². The van der Waals surface area contributed by atoms with Crippen LogP contribution in [0.4, 0.5) is 4.39 Å². The minimum absolute atomic E-state index is 0.0134. The fraction of sp³-hybridized carbons (Fsp3) is 0.333. The fourth-order valence-corrected chi connectivity index (χ4v) is 3.08. The van der Waals surface area contributed by atoms with Crippen LogP contribution in [-0.2, 0) is 0 Å². The van der Waals surface area contributed by atoms with Gasteiger partial charge in [0.15, 0.2) is 0 Å². The van der Waals surface area contributed by atoms with Gasteiger partial charge in [-0.3, -0.25) is 9.67 Å². The Morgan fingerprint density at radius 1 is 1.26 bits per heavy atom. The molecule has 0 amide bonds. The summed E-state index contributed by atoms with van der Waals surface area (Å²) < 4.78 is 15.4. The van der Waals surface area contributed by atoms with E-state index in [1.165, 1.54) is 6.07 Å². The number of nitrogens with zero attached hydrogens (tertiary/aromatic N) is 3. The van der Waals surface area contributed by atoms with Gasteiger partial charge in [-0.2, -0.15) is 5.10 Å². The molecular formula is C18H18FN3O. The number of aromatic nitrogens is 3. The van der Waals surface area contributed by atoms with Gasteiger partial charge in [-0.25, -0.2) is 4.39 Å². The van der Waals surface area contributed by atoms with E-state index in [9.17, 15) is 9.50 Å². The highest BCUT2D eigenvalue weighted by atomic mass is 19.1. The molecule has 5 heteroatoms. The van der Waals surface area contributed by atoms with Gasteiger partial charge in [-0.1, -0.05) is 6.07 Å². The zero-order valence-electron chi connectivity index (χ0n) is 12.9. The van der Waals surface area contributed by atoms with Gasteiger partial charge < -0.3 is 5.11 Å². The van der Waals surface area contributed by atoms with Crippen molar-refractivity contribution in [1.29, 1.82) is 0 Å². The van der Waals surface area contributed by atoms with Crippen LogP contribution in [0.25, 0.3) is 22.2 Å². The summed E-state index contributed by atoms with van der Waals surface area (Å²) in [6, 6.07) is 7.10. The Hall–Kier alpha value is -2.27. The van der Waals surface area contributed by atoms with Crippen LogP contribution in [0.1, 0.15) is 24.4 Å². The monoisotopic (exact) mass is 311 g/mol. The first-order chi connectivity index (χ1) is 11.2. The van der Waals surface area contributed by atoms with Crippen LogP contribution < -0.4 is 0 Å². The SMILES string of the molecule is Cc1cc(-c2cnc3cnn([C@@H](CO)C4CC4)c3c2)ccc1F. The third-order valence-electron chi connectivity index (χ3n) is 4.61. The van der Waals surface area contributed by atoms with Gasteiger partial charge in [0.2, 0.25) is 0 Å². The van der Waals surface area contributed by atoms with Crippen molar-refractivity contribution in [3.05, 3.63) is 48.0 Å². The number of aryl methyl sites for hydroxylation is 1. The van der Waals surface area contributed by atoms with E-state index >= 15 is 0 Å². The summed E-state index contributed by atoms with van der Waals surface area (Å²) in [6.07, 6.45) is 5.79. The summed E-state index contributed by atoms with van der Waals surface area (Å²) in [5, 5.41) is 14.1. The van der Waals surface area contributed by atoms with Crippen LogP contribution in [0.2, 0.25) is 0 Å². The predicted molar refractivity (Wildman–Crippen MR) is 86.5 cm³/mol. The summed E-state index contributed by atoms with van der Waals surface area (Å²) in [7, 11) is 0. The van der Waals surface area contributed by atoms with E-state index in [1.807, 2.05) is 16.8 Å². The highest BCUT2D eigenvalue weighted by Crippen LogP contribution is 2.40. The number of pyridine rings is 1. The summed E-state index contributed by atoms with van der Waals surface area (Å²) in [6.45, 7) is 1.84. The molecule has 2 heterocycles. The van der Waals surface area contributed by atoms with Gasteiger partial charge in [0.25, 0.3) is 0 Å². The maximum atomic E-state index is 13.5. The number of hydrogen-bond donors (Lipinski definition) is 1. The van der Waals surface area contributed by atoms with Crippen LogP contribution in [0.5, 0.6) is 0 Å². The Labute approximate surface area is 133 Å². The van der Waals surface area contributed by atoms with E-state index in [0.717, 1.165) is 35.0 Å². The zero-order valence-corrected chi connectivity index (χ0v) is 12.9. The molecule has 1 aliphatic carbocycles. The van der Waals surface area contributed by atoms with Crippen molar-refractivity contribution in [3.63, 3.8) is 0 Å². The molecule has 1 aliphatic rings. The molecule has 1 fully saturated rings. The highest BCUT2D eigenvalue weighted by molar-refractivity contribution is 5.80. The average molecular weight is 311 g/mol. The second-order valence-electron chi connectivity index (χ2n) is 6.27. The standard InChI is InChI=1S/C18H18FN3O/c1-11-6-13(4-5-15(11)19)14-7-17-16(20-8-14)9-21-22(17)18(10-23)12-2-3-12/h4-9,12,18,23H,2-3,10H2,1H3/t18-/m0/s1. The van der Waals surface area contributed by atoms with Gasteiger partial charge in [0.1, 0.15) is 11.3 Å². The first-order valence-corrected chi connectivity index (χ1v) is 7.88. The van der Waals surface area contributed by atoms with Crippen molar-refractivity contribution in [3.8, 4) is 11.1 Å². The number of aliphatic hydroxyl groups excluding tert-OH is 1. The molecule has 1 aromatic carbocycles.